The molecule has 0 radical (unpaired) electrons. The maximum Gasteiger partial charge on any atom is 0.264 e. The van der Waals surface area contributed by atoms with Gasteiger partial charge in [0.1, 0.15) is 0 Å². The number of likely N-dealkylation sites (tertiary alicyclic amines) is 1. The predicted octanol–water partition coefficient (Wildman–Crippen LogP) is 2.73. The van der Waals surface area contributed by atoms with Gasteiger partial charge in [0.2, 0.25) is 0 Å². The summed E-state index contributed by atoms with van der Waals surface area (Å²) in [4.78, 5) is 2.45. The van der Waals surface area contributed by atoms with Gasteiger partial charge in [-0.1, -0.05) is 42.8 Å². The molecule has 0 aromatic heterocycles. The Kier molecular flexibility index (Phi) is 6.29. The number of nitrogens with zero attached hydrogens (tertiary/aromatic N) is 2. The van der Waals surface area contributed by atoms with Crippen molar-refractivity contribution in [3.05, 3.63) is 60.7 Å². The van der Waals surface area contributed by atoms with Crippen molar-refractivity contribution < 1.29 is 13.5 Å². The van der Waals surface area contributed by atoms with E-state index in [1.165, 1.54) is 10.7 Å². The molecule has 3 rings (SSSR count). The lowest BCUT2D eigenvalue weighted by atomic mass is 10.1. The van der Waals surface area contributed by atoms with Crippen LogP contribution in [0.5, 0.6) is 0 Å². The summed E-state index contributed by atoms with van der Waals surface area (Å²) >= 11 is 0. The van der Waals surface area contributed by atoms with Crippen molar-refractivity contribution in [2.75, 3.05) is 30.5 Å². The second-order valence-corrected chi connectivity index (χ2v) is 8.56. The van der Waals surface area contributed by atoms with Crippen LogP contribution in [0.4, 0.5) is 5.69 Å². The summed E-state index contributed by atoms with van der Waals surface area (Å²) in [6, 6.07) is 17.4. The van der Waals surface area contributed by atoms with E-state index < -0.39 is 16.1 Å². The molecule has 0 spiro atoms. The Morgan fingerprint density at radius 3 is 2.12 bits per heavy atom. The van der Waals surface area contributed by atoms with Crippen LogP contribution in [0.25, 0.3) is 0 Å². The van der Waals surface area contributed by atoms with Crippen molar-refractivity contribution >= 4 is 15.7 Å². The summed E-state index contributed by atoms with van der Waals surface area (Å²) in [5.41, 5.74) is 0.564. The molecule has 140 valence electrons. The minimum atomic E-state index is -3.74. The molecule has 0 amide bonds. The van der Waals surface area contributed by atoms with E-state index in [2.05, 4.69) is 4.90 Å². The Balaban J connectivity index is 1.82. The number of hydrogen-bond donors (Lipinski definition) is 1. The molecular weight excluding hydrogens is 348 g/mol. The monoisotopic (exact) mass is 374 g/mol. The first kappa shape index (κ1) is 18.9. The molecule has 1 aliphatic rings. The Labute approximate surface area is 155 Å². The first-order chi connectivity index (χ1) is 12.6. The van der Waals surface area contributed by atoms with Gasteiger partial charge in [-0.15, -0.1) is 0 Å². The number of anilines is 1. The van der Waals surface area contributed by atoms with E-state index in [9.17, 15) is 13.5 Å². The number of aliphatic hydroxyl groups excluding tert-OH is 1. The van der Waals surface area contributed by atoms with Gasteiger partial charge in [-0.05, 0) is 50.2 Å². The summed E-state index contributed by atoms with van der Waals surface area (Å²) in [5, 5.41) is 10.6. The van der Waals surface area contributed by atoms with Gasteiger partial charge in [0, 0.05) is 6.54 Å². The molecule has 0 saturated carbocycles. The average Bonchev–Trinajstić information content (AvgIpc) is 2.68. The standard InChI is InChI=1S/C20H26N2O3S/c23-19(16-21-14-8-3-9-15-21)17-22(18-10-4-1-5-11-18)26(24,25)20-12-6-2-7-13-20/h1-2,4-7,10-13,19,23H,3,8-9,14-17H2/t19-/m0/s1. The molecule has 1 fully saturated rings. The first-order valence-corrected chi connectivity index (χ1v) is 10.5. The zero-order chi connectivity index (χ0) is 18.4. The quantitative estimate of drug-likeness (QED) is 0.810. The number of piperidine rings is 1. The van der Waals surface area contributed by atoms with Gasteiger partial charge in [-0.2, -0.15) is 0 Å². The molecule has 2 aromatic rings. The average molecular weight is 375 g/mol. The maximum absolute atomic E-state index is 13.2. The van der Waals surface area contributed by atoms with Crippen LogP contribution in [-0.4, -0.2) is 50.7 Å². The number of β-amino-alcohol motifs (C(OH)–C–C–N with tert-alkyl or cyclic N) is 1. The van der Waals surface area contributed by atoms with Crippen molar-refractivity contribution in [1.29, 1.82) is 0 Å². The van der Waals surface area contributed by atoms with E-state index in [0.717, 1.165) is 25.9 Å². The fourth-order valence-corrected chi connectivity index (χ4v) is 4.87. The van der Waals surface area contributed by atoms with E-state index in [4.69, 9.17) is 0 Å². The third kappa shape index (κ3) is 4.63. The lowest BCUT2D eigenvalue weighted by Gasteiger charge is -2.31. The molecule has 1 saturated heterocycles. The SMILES string of the molecule is O=S(=O)(c1ccccc1)N(C[C@@H](O)CN1CCCCC1)c1ccccc1. The Morgan fingerprint density at radius 1 is 0.923 bits per heavy atom. The van der Waals surface area contributed by atoms with Gasteiger partial charge in [-0.3, -0.25) is 4.31 Å². The molecule has 0 aliphatic carbocycles. The van der Waals surface area contributed by atoms with E-state index in [1.807, 2.05) is 6.07 Å². The van der Waals surface area contributed by atoms with Crippen LogP contribution >= 0.6 is 0 Å². The minimum absolute atomic E-state index is 0.0394. The normalized spacial score (nSPS) is 17.0. The van der Waals surface area contributed by atoms with Crippen LogP contribution in [0.15, 0.2) is 65.6 Å². The third-order valence-corrected chi connectivity index (χ3v) is 6.48. The summed E-state index contributed by atoms with van der Waals surface area (Å²) in [6.07, 6.45) is 2.76. The van der Waals surface area contributed by atoms with Crippen molar-refractivity contribution in [1.82, 2.24) is 4.90 Å². The van der Waals surface area contributed by atoms with Crippen LogP contribution in [0, 0.1) is 0 Å². The zero-order valence-corrected chi connectivity index (χ0v) is 15.7. The molecule has 26 heavy (non-hydrogen) atoms. The first-order valence-electron chi connectivity index (χ1n) is 9.10. The second-order valence-electron chi connectivity index (χ2n) is 6.70. The highest BCUT2D eigenvalue weighted by molar-refractivity contribution is 7.92. The summed E-state index contributed by atoms with van der Waals surface area (Å²) in [7, 11) is -3.74. The molecule has 2 aromatic carbocycles. The predicted molar refractivity (Wildman–Crippen MR) is 104 cm³/mol. The smallest absolute Gasteiger partial charge is 0.264 e. The molecule has 1 heterocycles. The number of benzene rings is 2. The number of para-hydroxylation sites is 1. The number of sulfonamides is 1. The topological polar surface area (TPSA) is 60.9 Å². The number of aliphatic hydroxyl groups is 1. The lowest BCUT2D eigenvalue weighted by molar-refractivity contribution is 0.107. The molecule has 0 unspecified atom stereocenters. The van der Waals surface area contributed by atoms with Crippen molar-refractivity contribution in [2.45, 2.75) is 30.3 Å². The van der Waals surface area contributed by atoms with Crippen LogP contribution in [-0.2, 0) is 10.0 Å². The van der Waals surface area contributed by atoms with Crippen molar-refractivity contribution in [2.24, 2.45) is 0 Å². The van der Waals surface area contributed by atoms with Gasteiger partial charge in [0.15, 0.2) is 0 Å². The van der Waals surface area contributed by atoms with Gasteiger partial charge in [0.25, 0.3) is 10.0 Å². The van der Waals surface area contributed by atoms with E-state index in [-0.39, 0.29) is 11.4 Å². The van der Waals surface area contributed by atoms with E-state index >= 15 is 0 Å². The number of rotatable bonds is 7. The fraction of sp³-hybridized carbons (Fsp3) is 0.400. The van der Waals surface area contributed by atoms with E-state index in [1.54, 1.807) is 54.6 Å². The number of hydrogen-bond acceptors (Lipinski definition) is 4. The molecule has 5 nitrogen and oxygen atoms in total. The molecule has 1 atom stereocenters. The highest BCUT2D eigenvalue weighted by Crippen LogP contribution is 2.24. The third-order valence-electron chi connectivity index (χ3n) is 4.67. The highest BCUT2D eigenvalue weighted by Gasteiger charge is 2.27. The molecular formula is C20H26N2O3S. The summed E-state index contributed by atoms with van der Waals surface area (Å²) < 4.78 is 27.6. The van der Waals surface area contributed by atoms with Crippen LogP contribution < -0.4 is 4.31 Å². The summed E-state index contributed by atoms with van der Waals surface area (Å²) in [6.45, 7) is 2.47. The Morgan fingerprint density at radius 2 is 1.50 bits per heavy atom. The van der Waals surface area contributed by atoms with Crippen LogP contribution in [0.1, 0.15) is 19.3 Å². The molecule has 1 aliphatic heterocycles. The van der Waals surface area contributed by atoms with Gasteiger partial charge >= 0.3 is 0 Å². The van der Waals surface area contributed by atoms with Crippen LogP contribution in [0.2, 0.25) is 0 Å². The van der Waals surface area contributed by atoms with Gasteiger partial charge < -0.3 is 10.0 Å². The maximum atomic E-state index is 13.2. The van der Waals surface area contributed by atoms with E-state index in [0.29, 0.717) is 12.2 Å². The molecule has 1 N–H and O–H groups in total. The zero-order valence-electron chi connectivity index (χ0n) is 14.9. The van der Waals surface area contributed by atoms with Crippen molar-refractivity contribution in [3.8, 4) is 0 Å². The second kappa shape index (κ2) is 8.66. The Hall–Kier alpha value is -1.89. The van der Waals surface area contributed by atoms with Crippen LogP contribution in [0.3, 0.4) is 0 Å². The van der Waals surface area contributed by atoms with Crippen molar-refractivity contribution in [3.63, 3.8) is 0 Å². The minimum Gasteiger partial charge on any atom is -0.390 e. The van der Waals surface area contributed by atoms with Gasteiger partial charge in [-0.25, -0.2) is 8.42 Å². The molecule has 6 heteroatoms. The fourth-order valence-electron chi connectivity index (χ4n) is 3.35. The van der Waals surface area contributed by atoms with Gasteiger partial charge in [0.05, 0.1) is 23.2 Å². The largest absolute Gasteiger partial charge is 0.390 e. The summed E-state index contributed by atoms with van der Waals surface area (Å²) in [5.74, 6) is 0. The highest BCUT2D eigenvalue weighted by atomic mass is 32.2. The Bertz CT molecular complexity index is 775. The lowest BCUT2D eigenvalue weighted by Crippen LogP contribution is -2.44. The molecule has 0 bridgehead atoms.